The van der Waals surface area contributed by atoms with E-state index in [1.165, 1.54) is 12.1 Å². The first-order valence-corrected chi connectivity index (χ1v) is 8.99. The van der Waals surface area contributed by atoms with Crippen molar-refractivity contribution in [1.82, 2.24) is 5.32 Å². The fourth-order valence-electron chi connectivity index (χ4n) is 3.28. The number of carbonyl (C=O) groups excluding carboxylic acids is 1. The minimum Gasteiger partial charge on any atom is -0.377 e. The van der Waals surface area contributed by atoms with Gasteiger partial charge in [-0.15, -0.1) is 0 Å². The number of rotatable bonds is 6. The van der Waals surface area contributed by atoms with Crippen LogP contribution < -0.4 is 11.1 Å². The molecular formula is C19H27FN2OS. The second-order valence-corrected chi connectivity index (χ2v) is 7.89. The Kier molecular flexibility index (Phi) is 6.47. The maximum absolute atomic E-state index is 13.1. The van der Waals surface area contributed by atoms with Gasteiger partial charge >= 0.3 is 0 Å². The normalized spacial score (nSPS) is 22.7. The van der Waals surface area contributed by atoms with Crippen LogP contribution in [0.1, 0.15) is 45.1 Å². The Bertz CT molecular complexity index is 565. The summed E-state index contributed by atoms with van der Waals surface area (Å²) in [4.78, 5) is 11.5. The highest BCUT2D eigenvalue weighted by Gasteiger charge is 2.28. The Morgan fingerprint density at radius 1 is 1.33 bits per heavy atom. The molecule has 3 nitrogen and oxygen atoms in total. The van der Waals surface area contributed by atoms with Crippen molar-refractivity contribution < 1.29 is 9.18 Å². The van der Waals surface area contributed by atoms with Crippen molar-refractivity contribution in [2.24, 2.45) is 17.6 Å². The standard InChI is InChI=1S/C19H27FN2OS/c1-19(2,15-7-9-16(20)10-8-15)12-22-18(24)17(21)14-5-3-13(11-23)4-6-14/h7-11,13-14,17H,3-6,12,21H2,1-2H3,(H,22,24). The van der Waals surface area contributed by atoms with Crippen molar-refractivity contribution in [2.75, 3.05) is 6.54 Å². The molecule has 0 bridgehead atoms. The molecule has 1 unspecified atom stereocenters. The summed E-state index contributed by atoms with van der Waals surface area (Å²) in [7, 11) is 0. The average Bonchev–Trinajstić information content (AvgIpc) is 2.59. The van der Waals surface area contributed by atoms with Gasteiger partial charge < -0.3 is 15.8 Å². The van der Waals surface area contributed by atoms with Gasteiger partial charge in [0.2, 0.25) is 0 Å². The molecule has 24 heavy (non-hydrogen) atoms. The lowest BCUT2D eigenvalue weighted by atomic mass is 9.79. The molecule has 0 heterocycles. The van der Waals surface area contributed by atoms with Crippen molar-refractivity contribution in [3.63, 3.8) is 0 Å². The van der Waals surface area contributed by atoms with Gasteiger partial charge in [0.05, 0.1) is 11.0 Å². The SMILES string of the molecule is CC(C)(CNC(=S)C(N)C1CCC(C=O)CC1)c1ccc(F)cc1. The quantitative estimate of drug-likeness (QED) is 0.610. The fourth-order valence-corrected chi connectivity index (χ4v) is 3.55. The lowest BCUT2D eigenvalue weighted by Crippen LogP contribution is -2.48. The summed E-state index contributed by atoms with van der Waals surface area (Å²) >= 11 is 5.49. The number of hydrogen-bond acceptors (Lipinski definition) is 3. The molecule has 0 saturated heterocycles. The van der Waals surface area contributed by atoms with Gasteiger partial charge in [0, 0.05) is 17.9 Å². The molecule has 5 heteroatoms. The van der Waals surface area contributed by atoms with Crippen LogP contribution in [-0.2, 0) is 10.2 Å². The molecular weight excluding hydrogens is 323 g/mol. The van der Waals surface area contributed by atoms with Gasteiger partial charge in [0.15, 0.2) is 0 Å². The van der Waals surface area contributed by atoms with E-state index < -0.39 is 0 Å². The van der Waals surface area contributed by atoms with E-state index in [2.05, 4.69) is 19.2 Å². The topological polar surface area (TPSA) is 55.1 Å². The molecule has 132 valence electrons. The third-order valence-corrected chi connectivity index (χ3v) is 5.57. The number of halogens is 1. The first kappa shape index (κ1) is 19.0. The number of aldehydes is 1. The summed E-state index contributed by atoms with van der Waals surface area (Å²) in [6.07, 6.45) is 4.78. The van der Waals surface area contributed by atoms with Gasteiger partial charge in [0.1, 0.15) is 12.1 Å². The second kappa shape index (κ2) is 8.17. The molecule has 3 N–H and O–H groups in total. The molecule has 1 aromatic carbocycles. The van der Waals surface area contributed by atoms with Crippen LogP contribution in [0.4, 0.5) is 4.39 Å². The first-order valence-electron chi connectivity index (χ1n) is 8.58. The summed E-state index contributed by atoms with van der Waals surface area (Å²) in [6, 6.07) is 6.40. The molecule has 1 aromatic rings. The van der Waals surface area contributed by atoms with Gasteiger partial charge in [-0.2, -0.15) is 0 Å². The average molecular weight is 351 g/mol. The van der Waals surface area contributed by atoms with Crippen LogP contribution in [0, 0.1) is 17.7 Å². The molecule has 2 rings (SSSR count). The highest BCUT2D eigenvalue weighted by atomic mass is 32.1. The van der Waals surface area contributed by atoms with Crippen molar-refractivity contribution in [1.29, 1.82) is 0 Å². The monoisotopic (exact) mass is 350 g/mol. The van der Waals surface area contributed by atoms with E-state index >= 15 is 0 Å². The van der Waals surface area contributed by atoms with Crippen LogP contribution in [0.5, 0.6) is 0 Å². The smallest absolute Gasteiger partial charge is 0.123 e. The molecule has 1 aliphatic carbocycles. The predicted molar refractivity (Wildman–Crippen MR) is 99.5 cm³/mol. The Balaban J connectivity index is 1.87. The lowest BCUT2D eigenvalue weighted by Gasteiger charge is -2.32. The minimum atomic E-state index is -0.231. The Morgan fingerprint density at radius 2 is 1.92 bits per heavy atom. The van der Waals surface area contributed by atoms with Gasteiger partial charge in [-0.25, -0.2) is 4.39 Å². The molecule has 1 saturated carbocycles. The van der Waals surface area contributed by atoms with Crippen LogP contribution >= 0.6 is 12.2 Å². The van der Waals surface area contributed by atoms with Crippen molar-refractivity contribution in [2.45, 2.75) is 51.0 Å². The van der Waals surface area contributed by atoms with Crippen LogP contribution in [0.25, 0.3) is 0 Å². The van der Waals surface area contributed by atoms with E-state index in [-0.39, 0.29) is 23.2 Å². The van der Waals surface area contributed by atoms with E-state index in [1.807, 2.05) is 0 Å². The molecule has 0 amide bonds. The van der Waals surface area contributed by atoms with Gasteiger partial charge in [0.25, 0.3) is 0 Å². The number of nitrogens with two attached hydrogens (primary N) is 1. The zero-order valence-electron chi connectivity index (χ0n) is 14.4. The fraction of sp³-hybridized carbons (Fsp3) is 0.579. The summed E-state index contributed by atoms with van der Waals surface area (Å²) in [5.74, 6) is 0.300. The van der Waals surface area contributed by atoms with Gasteiger partial charge in [-0.1, -0.05) is 38.2 Å². The lowest BCUT2D eigenvalue weighted by molar-refractivity contribution is -0.112. The zero-order valence-corrected chi connectivity index (χ0v) is 15.2. The highest BCUT2D eigenvalue weighted by molar-refractivity contribution is 7.80. The molecule has 0 aliphatic heterocycles. The molecule has 0 aromatic heterocycles. The summed E-state index contributed by atoms with van der Waals surface area (Å²) in [5, 5.41) is 3.30. The Labute approximate surface area is 149 Å². The van der Waals surface area contributed by atoms with Crippen LogP contribution in [0.3, 0.4) is 0 Å². The number of nitrogens with one attached hydrogen (secondary N) is 1. The molecule has 1 atom stereocenters. The largest absolute Gasteiger partial charge is 0.377 e. The van der Waals surface area contributed by atoms with Crippen molar-refractivity contribution in [3.05, 3.63) is 35.6 Å². The van der Waals surface area contributed by atoms with E-state index in [0.717, 1.165) is 37.5 Å². The molecule has 1 aliphatic rings. The van der Waals surface area contributed by atoms with E-state index in [0.29, 0.717) is 17.5 Å². The number of hydrogen-bond donors (Lipinski definition) is 2. The third-order valence-electron chi connectivity index (χ3n) is 5.15. The maximum Gasteiger partial charge on any atom is 0.123 e. The predicted octanol–water partition coefficient (Wildman–Crippen LogP) is 3.35. The van der Waals surface area contributed by atoms with Crippen LogP contribution in [0.15, 0.2) is 24.3 Å². The van der Waals surface area contributed by atoms with Crippen LogP contribution in [0.2, 0.25) is 0 Å². The summed E-state index contributed by atoms with van der Waals surface area (Å²) in [5.41, 5.74) is 7.21. The second-order valence-electron chi connectivity index (χ2n) is 7.45. The Hall–Kier alpha value is -1.33. The highest BCUT2D eigenvalue weighted by Crippen LogP contribution is 2.29. The van der Waals surface area contributed by atoms with Gasteiger partial charge in [-0.3, -0.25) is 0 Å². The number of thiocarbonyl (C=S) groups is 1. The van der Waals surface area contributed by atoms with E-state index in [9.17, 15) is 9.18 Å². The third kappa shape index (κ3) is 4.84. The summed E-state index contributed by atoms with van der Waals surface area (Å²) < 4.78 is 13.1. The van der Waals surface area contributed by atoms with Crippen LogP contribution in [-0.4, -0.2) is 23.9 Å². The van der Waals surface area contributed by atoms with Gasteiger partial charge in [-0.05, 0) is 49.3 Å². The number of carbonyl (C=O) groups is 1. The minimum absolute atomic E-state index is 0.170. The molecule has 0 radical (unpaired) electrons. The zero-order chi connectivity index (χ0) is 17.7. The van der Waals surface area contributed by atoms with Crippen molar-refractivity contribution >= 4 is 23.5 Å². The number of benzene rings is 1. The molecule has 1 fully saturated rings. The first-order chi connectivity index (χ1) is 11.3. The summed E-state index contributed by atoms with van der Waals surface area (Å²) in [6.45, 7) is 4.84. The Morgan fingerprint density at radius 3 is 2.46 bits per heavy atom. The molecule has 0 spiro atoms. The van der Waals surface area contributed by atoms with E-state index in [4.69, 9.17) is 18.0 Å². The maximum atomic E-state index is 13.1. The van der Waals surface area contributed by atoms with Crippen molar-refractivity contribution in [3.8, 4) is 0 Å². The van der Waals surface area contributed by atoms with E-state index in [1.54, 1.807) is 12.1 Å².